The fourth-order valence-electron chi connectivity index (χ4n) is 12.9. The van der Waals surface area contributed by atoms with E-state index in [1.165, 1.54) is 167 Å². The number of amides is 4. The molecule has 0 heterocycles. The summed E-state index contributed by atoms with van der Waals surface area (Å²) in [5, 5.41) is 10.8. The number of unbranched alkanes of at least 4 members (excludes halogenated alkanes) is 44. The van der Waals surface area contributed by atoms with Crippen molar-refractivity contribution in [3.63, 3.8) is 0 Å². The third-order valence-corrected chi connectivity index (χ3v) is 21.5. The maximum atomic E-state index is 13.3. The summed E-state index contributed by atoms with van der Waals surface area (Å²) in [4.78, 5) is 86.8. The average Bonchev–Trinajstić information content (AvgIpc) is 0.919. The quantitative estimate of drug-likeness (QED) is 0.0187. The first-order valence-electron chi connectivity index (χ1n) is 43.9. The number of urea groups is 1. The van der Waals surface area contributed by atoms with E-state index in [4.69, 9.17) is 37.0 Å². The van der Waals surface area contributed by atoms with E-state index in [-0.39, 0.29) is 88.3 Å². The van der Waals surface area contributed by atoms with Gasteiger partial charge in [0.05, 0.1) is 64.9 Å². The molecule has 23 heteroatoms. The van der Waals surface area contributed by atoms with Gasteiger partial charge < -0.3 is 50.0 Å². The molecule has 0 aliphatic heterocycles. The molecule has 4 amide bonds. The van der Waals surface area contributed by atoms with Crippen molar-refractivity contribution < 1.29 is 79.9 Å². The first-order chi connectivity index (χ1) is 51.5. The van der Waals surface area contributed by atoms with Crippen LogP contribution in [0.2, 0.25) is 0 Å². The molecule has 0 radical (unpaired) electrons. The summed E-state index contributed by atoms with van der Waals surface area (Å²) in [5.41, 5.74) is 0. The van der Waals surface area contributed by atoms with E-state index < -0.39 is 60.2 Å². The SMILES string of the molecule is CCCCCCCCCCCCCC(=O)NC(COCC[C@@H](CCCCCCC)OC(=O)CCCCCCCCCCC)COP(=O)(O)OCCNC(=O)NCCOP(=O)(O)OCC(COCC[C@@H](CCCCCCC)OC(=O)CCCCCCCCCCC)NC(=O)CCCCCCCCCCCCC. The van der Waals surface area contributed by atoms with Gasteiger partial charge >= 0.3 is 33.6 Å². The molecule has 21 nitrogen and oxygen atoms in total. The fraction of sp³-hybridized carbons (Fsp3) is 0.940. The Hall–Kier alpha value is -2.71. The Morgan fingerprint density at radius 2 is 0.538 bits per heavy atom. The minimum Gasteiger partial charge on any atom is -0.462 e. The van der Waals surface area contributed by atoms with Crippen LogP contribution in [0.4, 0.5) is 4.79 Å². The zero-order valence-corrected chi connectivity index (χ0v) is 70.6. The van der Waals surface area contributed by atoms with Crippen molar-refractivity contribution in [2.24, 2.45) is 0 Å². The standard InChI is InChI=1S/C83H164N4O17P2/c1-7-13-19-25-29-33-35-39-41-47-53-59-79(88)86-75(71-97-67-63-77(57-51-45-23-17-11-5)103-81(90)61-55-49-43-37-31-27-21-15-9-3)73-101-105(93,94)99-69-65-84-83(92)85-66-70-100-106(95,96)102-74-76(87-80(89)60-54-48-42-40-36-34-30-26-20-14-8-2)72-98-68-64-78(58-52-46-24-18-12-6)104-82(91)62-56-50-44-38-32-28-22-16-10-4/h75-78H,7-74H2,1-6H3,(H,86,88)(H,87,89)(H,93,94)(H,95,96)(H2,84,85,92)/t75?,76?,77-,78-/m1/s1. The summed E-state index contributed by atoms with van der Waals surface area (Å²) in [5.74, 6) is -0.846. The second-order valence-corrected chi connectivity index (χ2v) is 32.9. The number of carbonyl (C=O) groups is 5. The van der Waals surface area contributed by atoms with Crippen LogP contribution >= 0.6 is 15.6 Å². The van der Waals surface area contributed by atoms with Gasteiger partial charge in [-0.2, -0.15) is 0 Å². The molecule has 0 saturated carbocycles. The smallest absolute Gasteiger partial charge is 0.462 e. The van der Waals surface area contributed by atoms with E-state index in [0.29, 0.717) is 38.5 Å². The van der Waals surface area contributed by atoms with E-state index in [9.17, 15) is 42.9 Å². The van der Waals surface area contributed by atoms with Crippen molar-refractivity contribution in [1.29, 1.82) is 0 Å². The maximum absolute atomic E-state index is 13.3. The highest BCUT2D eigenvalue weighted by atomic mass is 31.2. The molecule has 628 valence electrons. The minimum atomic E-state index is -4.70. The van der Waals surface area contributed by atoms with Crippen molar-refractivity contribution in [1.82, 2.24) is 21.3 Å². The van der Waals surface area contributed by atoms with Crippen LogP contribution in [0.25, 0.3) is 0 Å². The average molecular weight is 1550 g/mol. The maximum Gasteiger partial charge on any atom is 0.472 e. The number of rotatable bonds is 84. The number of esters is 2. The van der Waals surface area contributed by atoms with Crippen LogP contribution in [0.3, 0.4) is 0 Å². The minimum absolute atomic E-state index is 0.0302. The van der Waals surface area contributed by atoms with Crippen LogP contribution in [0.1, 0.15) is 414 Å². The number of hydrogen-bond acceptors (Lipinski definition) is 15. The monoisotopic (exact) mass is 1550 g/mol. The summed E-state index contributed by atoms with van der Waals surface area (Å²) >= 11 is 0. The number of phosphoric ester groups is 2. The molecule has 0 aromatic rings. The third kappa shape index (κ3) is 74.1. The summed E-state index contributed by atoms with van der Waals surface area (Å²) in [7, 11) is -9.41. The van der Waals surface area contributed by atoms with Crippen LogP contribution in [-0.2, 0) is 65.4 Å². The highest BCUT2D eigenvalue weighted by Crippen LogP contribution is 2.44. The van der Waals surface area contributed by atoms with Gasteiger partial charge in [0.1, 0.15) is 12.2 Å². The second-order valence-electron chi connectivity index (χ2n) is 30.0. The van der Waals surface area contributed by atoms with E-state index >= 15 is 0 Å². The van der Waals surface area contributed by atoms with Crippen LogP contribution < -0.4 is 21.3 Å². The zero-order valence-electron chi connectivity index (χ0n) is 68.8. The molecular weight excluding hydrogens is 1390 g/mol. The molecular formula is C83H164N4O17P2. The predicted molar refractivity (Wildman–Crippen MR) is 432 cm³/mol. The third-order valence-electron chi connectivity index (χ3n) is 19.5. The van der Waals surface area contributed by atoms with Gasteiger partial charge in [-0.3, -0.25) is 37.3 Å². The Morgan fingerprint density at radius 1 is 0.292 bits per heavy atom. The molecule has 0 bridgehead atoms. The summed E-state index contributed by atoms with van der Waals surface area (Å²) in [6.07, 6.45) is 59.9. The predicted octanol–water partition coefficient (Wildman–Crippen LogP) is 22.1. The molecule has 6 atom stereocenters. The molecule has 0 rings (SSSR count). The molecule has 0 aliphatic rings. The number of ether oxygens (including phenoxy) is 4. The van der Waals surface area contributed by atoms with Gasteiger partial charge in [0.2, 0.25) is 11.8 Å². The van der Waals surface area contributed by atoms with Gasteiger partial charge in [-0.15, -0.1) is 0 Å². The van der Waals surface area contributed by atoms with Gasteiger partial charge in [0, 0.05) is 51.6 Å². The van der Waals surface area contributed by atoms with Crippen LogP contribution in [-0.4, -0.2) is 130 Å². The Morgan fingerprint density at radius 3 is 0.811 bits per heavy atom. The number of nitrogens with one attached hydrogen (secondary N) is 4. The molecule has 0 aliphatic carbocycles. The number of phosphoric acid groups is 2. The van der Waals surface area contributed by atoms with Crippen molar-refractivity contribution in [3.8, 4) is 0 Å². The summed E-state index contributed by atoms with van der Waals surface area (Å²) in [6.45, 7) is 11.6. The Bertz CT molecular complexity index is 1960. The van der Waals surface area contributed by atoms with Crippen LogP contribution in [0.15, 0.2) is 0 Å². The largest absolute Gasteiger partial charge is 0.472 e. The lowest BCUT2D eigenvalue weighted by molar-refractivity contribution is -0.151. The fourth-order valence-corrected chi connectivity index (χ4v) is 14.5. The Labute approximate surface area is 647 Å². The van der Waals surface area contributed by atoms with E-state index in [2.05, 4.69) is 62.8 Å². The van der Waals surface area contributed by atoms with Gasteiger partial charge in [-0.25, -0.2) is 13.9 Å². The molecule has 0 aromatic carbocycles. The summed E-state index contributed by atoms with van der Waals surface area (Å²) < 4.78 is 71.7. The lowest BCUT2D eigenvalue weighted by atomic mass is 10.1. The van der Waals surface area contributed by atoms with Gasteiger partial charge in [-0.05, 0) is 51.4 Å². The normalized spacial score (nSPS) is 13.9. The van der Waals surface area contributed by atoms with Crippen molar-refractivity contribution in [2.45, 2.75) is 438 Å². The number of hydrogen-bond donors (Lipinski definition) is 6. The van der Waals surface area contributed by atoms with E-state index in [1.54, 1.807) is 0 Å². The molecule has 0 fully saturated rings. The van der Waals surface area contributed by atoms with Gasteiger partial charge in [-0.1, -0.05) is 324 Å². The van der Waals surface area contributed by atoms with Crippen LogP contribution in [0, 0.1) is 0 Å². The van der Waals surface area contributed by atoms with Crippen molar-refractivity contribution in [2.75, 3.05) is 65.9 Å². The molecule has 0 saturated heterocycles. The highest BCUT2D eigenvalue weighted by molar-refractivity contribution is 7.47. The van der Waals surface area contributed by atoms with Gasteiger partial charge in [0.15, 0.2) is 0 Å². The van der Waals surface area contributed by atoms with Crippen molar-refractivity contribution >= 4 is 45.4 Å². The first-order valence-corrected chi connectivity index (χ1v) is 46.9. The van der Waals surface area contributed by atoms with Crippen molar-refractivity contribution in [3.05, 3.63) is 0 Å². The molecule has 4 unspecified atom stereocenters. The van der Waals surface area contributed by atoms with Crippen LogP contribution in [0.5, 0.6) is 0 Å². The summed E-state index contributed by atoms with van der Waals surface area (Å²) in [6, 6.07) is -2.32. The van der Waals surface area contributed by atoms with E-state index in [1.807, 2.05) is 0 Å². The lowest BCUT2D eigenvalue weighted by Gasteiger charge is -2.22. The zero-order chi connectivity index (χ0) is 77.8. The Kier molecular flexibility index (Phi) is 75.6. The molecule has 106 heavy (non-hydrogen) atoms. The lowest BCUT2D eigenvalue weighted by Crippen LogP contribution is -2.41. The second kappa shape index (κ2) is 77.6. The van der Waals surface area contributed by atoms with E-state index in [0.717, 1.165) is 154 Å². The molecule has 6 N–H and O–H groups in total. The molecule has 0 aromatic heterocycles. The number of carbonyl (C=O) groups excluding carboxylic acids is 5. The molecule has 0 spiro atoms. The topological polar surface area (TPSA) is 282 Å². The highest BCUT2D eigenvalue weighted by Gasteiger charge is 2.27. The Balaban J connectivity index is 5.56. The first kappa shape index (κ1) is 103. The van der Waals surface area contributed by atoms with Gasteiger partial charge in [0.25, 0.3) is 0 Å².